The molecular formula is C22H20N4O2S. The van der Waals surface area contributed by atoms with E-state index in [0.717, 1.165) is 27.7 Å². The summed E-state index contributed by atoms with van der Waals surface area (Å²) < 4.78 is 1.80. The van der Waals surface area contributed by atoms with Gasteiger partial charge < -0.3 is 15.6 Å². The predicted octanol–water partition coefficient (Wildman–Crippen LogP) is 3.64. The van der Waals surface area contributed by atoms with Gasteiger partial charge in [-0.2, -0.15) is 0 Å². The molecule has 0 radical (unpaired) electrons. The summed E-state index contributed by atoms with van der Waals surface area (Å²) in [6.07, 6.45) is 3.66. The van der Waals surface area contributed by atoms with Crippen molar-refractivity contribution in [1.82, 2.24) is 9.88 Å². The van der Waals surface area contributed by atoms with Crippen LogP contribution in [0.25, 0.3) is 17.0 Å². The van der Waals surface area contributed by atoms with E-state index < -0.39 is 5.91 Å². The van der Waals surface area contributed by atoms with E-state index in [-0.39, 0.29) is 12.5 Å². The summed E-state index contributed by atoms with van der Waals surface area (Å²) in [6, 6.07) is 13.7. The highest BCUT2D eigenvalue weighted by molar-refractivity contribution is 8.18. The van der Waals surface area contributed by atoms with Crippen LogP contribution in [0.1, 0.15) is 16.7 Å². The zero-order valence-corrected chi connectivity index (χ0v) is 16.9. The van der Waals surface area contributed by atoms with Gasteiger partial charge in [0.15, 0.2) is 5.17 Å². The van der Waals surface area contributed by atoms with E-state index in [1.54, 1.807) is 4.57 Å². The fraction of sp³-hybridized carbons (Fsp3) is 0.136. The van der Waals surface area contributed by atoms with Gasteiger partial charge in [-0.15, -0.1) is 0 Å². The van der Waals surface area contributed by atoms with Crippen LogP contribution in [-0.4, -0.2) is 21.5 Å². The van der Waals surface area contributed by atoms with Crippen LogP contribution in [0, 0.1) is 13.8 Å². The standard InChI is InChI=1S/C22H20N4O2S/c1-13-7-8-16(9-14(13)2)24-22-25-21(28)19(29-22)10-15-11-26(12-20(23)27)18-6-4-3-5-17(15)18/h3-11H,12H2,1-2H3,(H2,23,27)(H,24,25,28)/b19-10-. The molecule has 6 nitrogen and oxygen atoms in total. The molecule has 0 saturated carbocycles. The maximum absolute atomic E-state index is 12.5. The van der Waals surface area contributed by atoms with Crippen LogP contribution in [0.3, 0.4) is 0 Å². The number of aromatic nitrogens is 1. The van der Waals surface area contributed by atoms with Crippen molar-refractivity contribution in [1.29, 1.82) is 0 Å². The van der Waals surface area contributed by atoms with Crippen LogP contribution in [-0.2, 0) is 16.1 Å². The first-order valence-corrected chi connectivity index (χ1v) is 9.95. The topological polar surface area (TPSA) is 89.5 Å². The maximum Gasteiger partial charge on any atom is 0.264 e. The highest BCUT2D eigenvalue weighted by Crippen LogP contribution is 2.31. The quantitative estimate of drug-likeness (QED) is 0.651. The molecule has 146 valence electrons. The van der Waals surface area contributed by atoms with E-state index in [9.17, 15) is 9.59 Å². The Morgan fingerprint density at radius 3 is 2.76 bits per heavy atom. The van der Waals surface area contributed by atoms with Gasteiger partial charge in [0.1, 0.15) is 6.54 Å². The number of hydrogen-bond donors (Lipinski definition) is 2. The molecule has 2 heterocycles. The van der Waals surface area contributed by atoms with E-state index in [4.69, 9.17) is 5.73 Å². The largest absolute Gasteiger partial charge is 0.368 e. The zero-order valence-electron chi connectivity index (χ0n) is 16.1. The number of hydrogen-bond acceptors (Lipinski definition) is 4. The number of amides is 2. The molecule has 0 spiro atoms. The highest BCUT2D eigenvalue weighted by atomic mass is 32.2. The van der Waals surface area contributed by atoms with Crippen LogP contribution < -0.4 is 11.1 Å². The molecule has 1 aliphatic rings. The predicted molar refractivity (Wildman–Crippen MR) is 118 cm³/mol. The number of rotatable bonds is 4. The van der Waals surface area contributed by atoms with Crippen LogP contribution in [0.4, 0.5) is 5.69 Å². The zero-order chi connectivity index (χ0) is 20.5. The van der Waals surface area contributed by atoms with E-state index >= 15 is 0 Å². The number of nitrogens with one attached hydrogen (secondary N) is 1. The Morgan fingerprint density at radius 2 is 2.00 bits per heavy atom. The molecule has 1 aromatic heterocycles. The van der Waals surface area contributed by atoms with Gasteiger partial charge in [-0.1, -0.05) is 24.3 Å². The second-order valence-corrected chi connectivity index (χ2v) is 7.98. The monoisotopic (exact) mass is 404 g/mol. The SMILES string of the molecule is Cc1ccc(N=C2NC(=O)/C(=C/c3cn(CC(N)=O)c4ccccc34)S2)cc1C. The van der Waals surface area contributed by atoms with Gasteiger partial charge in [0.05, 0.1) is 10.6 Å². The minimum absolute atomic E-state index is 0.0858. The van der Waals surface area contributed by atoms with Crippen molar-refractivity contribution in [3.05, 3.63) is 70.3 Å². The third-order valence-electron chi connectivity index (χ3n) is 4.80. The first-order chi connectivity index (χ1) is 13.9. The van der Waals surface area contributed by atoms with Crippen molar-refractivity contribution in [2.24, 2.45) is 10.7 Å². The molecule has 0 bridgehead atoms. The minimum atomic E-state index is -0.416. The molecule has 7 heteroatoms. The van der Waals surface area contributed by atoms with Gasteiger partial charge in [-0.3, -0.25) is 9.59 Å². The maximum atomic E-state index is 12.5. The van der Waals surface area contributed by atoms with Crippen molar-refractivity contribution in [3.8, 4) is 0 Å². The molecule has 1 aliphatic heterocycles. The van der Waals surface area contributed by atoms with Gasteiger partial charge in [0.2, 0.25) is 5.91 Å². The molecule has 1 saturated heterocycles. The van der Waals surface area contributed by atoms with E-state index in [1.807, 2.05) is 68.6 Å². The molecule has 3 aromatic rings. The molecule has 29 heavy (non-hydrogen) atoms. The van der Waals surface area contributed by atoms with Crippen LogP contribution in [0.2, 0.25) is 0 Å². The lowest BCUT2D eigenvalue weighted by molar-refractivity contribution is -0.118. The number of thioether (sulfide) groups is 1. The second kappa shape index (κ2) is 7.60. The van der Waals surface area contributed by atoms with Gasteiger partial charge in [0.25, 0.3) is 5.91 Å². The lowest BCUT2D eigenvalue weighted by Crippen LogP contribution is -2.19. The third kappa shape index (κ3) is 3.95. The fourth-order valence-corrected chi connectivity index (χ4v) is 4.06. The first kappa shape index (κ1) is 19.0. The van der Waals surface area contributed by atoms with Gasteiger partial charge >= 0.3 is 0 Å². The number of fused-ring (bicyclic) bond motifs is 1. The Bertz CT molecular complexity index is 1210. The second-order valence-electron chi connectivity index (χ2n) is 6.95. The van der Waals surface area contributed by atoms with Crippen LogP contribution in [0.15, 0.2) is 58.6 Å². The summed E-state index contributed by atoms with van der Waals surface area (Å²) in [7, 11) is 0. The summed E-state index contributed by atoms with van der Waals surface area (Å²) in [5, 5.41) is 4.32. The Hall–Kier alpha value is -3.32. The first-order valence-electron chi connectivity index (χ1n) is 9.14. The van der Waals surface area contributed by atoms with Crippen molar-refractivity contribution in [2.45, 2.75) is 20.4 Å². The summed E-state index contributed by atoms with van der Waals surface area (Å²) in [6.45, 7) is 4.17. The third-order valence-corrected chi connectivity index (χ3v) is 5.71. The number of carbonyl (C=O) groups is 2. The number of nitrogens with zero attached hydrogens (tertiary/aromatic N) is 2. The Labute approximate surface area is 172 Å². The lowest BCUT2D eigenvalue weighted by atomic mass is 10.1. The summed E-state index contributed by atoms with van der Waals surface area (Å²) in [4.78, 5) is 28.9. The van der Waals surface area contributed by atoms with Crippen molar-refractivity contribution >= 4 is 51.4 Å². The molecule has 3 N–H and O–H groups in total. The van der Waals surface area contributed by atoms with Crippen molar-refractivity contribution in [3.63, 3.8) is 0 Å². The lowest BCUT2D eigenvalue weighted by Gasteiger charge is -2.01. The number of primary amides is 1. The Kier molecular flexibility index (Phi) is 4.98. The number of benzene rings is 2. The number of nitrogens with two attached hydrogens (primary N) is 1. The number of para-hydroxylation sites is 1. The number of amidine groups is 1. The van der Waals surface area contributed by atoms with Gasteiger partial charge in [-0.05, 0) is 61.0 Å². The average Bonchev–Trinajstić information content (AvgIpc) is 3.19. The summed E-state index contributed by atoms with van der Waals surface area (Å²) in [5.41, 5.74) is 10.3. The minimum Gasteiger partial charge on any atom is -0.368 e. The smallest absolute Gasteiger partial charge is 0.264 e. The molecule has 1 fully saturated rings. The molecule has 2 amide bonds. The summed E-state index contributed by atoms with van der Waals surface area (Å²) >= 11 is 1.30. The van der Waals surface area contributed by atoms with E-state index in [1.165, 1.54) is 17.3 Å². The normalized spacial score (nSPS) is 16.7. The van der Waals surface area contributed by atoms with Crippen LogP contribution >= 0.6 is 11.8 Å². The Morgan fingerprint density at radius 1 is 1.21 bits per heavy atom. The summed E-state index contributed by atoms with van der Waals surface area (Å²) in [5.74, 6) is -0.606. The van der Waals surface area contributed by atoms with Crippen molar-refractivity contribution in [2.75, 3.05) is 0 Å². The van der Waals surface area contributed by atoms with E-state index in [0.29, 0.717) is 10.1 Å². The number of carbonyl (C=O) groups excluding carboxylic acids is 2. The molecule has 0 atom stereocenters. The van der Waals surface area contributed by atoms with Gasteiger partial charge in [-0.25, -0.2) is 4.99 Å². The average molecular weight is 404 g/mol. The molecule has 0 unspecified atom stereocenters. The Balaban J connectivity index is 1.67. The number of aliphatic imine (C=N–C) groups is 1. The number of aryl methyl sites for hydroxylation is 2. The molecule has 4 rings (SSSR count). The van der Waals surface area contributed by atoms with E-state index in [2.05, 4.69) is 10.3 Å². The fourth-order valence-electron chi connectivity index (χ4n) is 3.22. The van der Waals surface area contributed by atoms with Crippen molar-refractivity contribution < 1.29 is 9.59 Å². The van der Waals surface area contributed by atoms with Gasteiger partial charge in [0, 0.05) is 22.7 Å². The highest BCUT2D eigenvalue weighted by Gasteiger charge is 2.24. The molecule has 0 aliphatic carbocycles. The molecule has 2 aromatic carbocycles. The van der Waals surface area contributed by atoms with Crippen LogP contribution in [0.5, 0.6) is 0 Å². The molecular weight excluding hydrogens is 384 g/mol.